The maximum absolute atomic E-state index is 6.69. The molecule has 0 N–H and O–H groups in total. The summed E-state index contributed by atoms with van der Waals surface area (Å²) in [4.78, 5) is 9.60. The van der Waals surface area contributed by atoms with E-state index in [1.54, 1.807) is 0 Å². The molecule has 5 heteroatoms. The molecule has 5 aromatic carbocycles. The molecule has 3 heterocycles. The molecular weight excluding hydrogens is 625 g/mol. The fourth-order valence-electron chi connectivity index (χ4n) is 7.52. The van der Waals surface area contributed by atoms with Crippen LogP contribution in [0, 0.1) is 27.7 Å². The number of nitrogens with zero attached hydrogens (tertiary/aromatic N) is 4. The zero-order valence-corrected chi connectivity index (χ0v) is 30.5. The Balaban J connectivity index is 1.18. The van der Waals surface area contributed by atoms with Crippen molar-refractivity contribution in [3.8, 4) is 17.3 Å². The number of hydrogen-bond donors (Lipinski definition) is 0. The van der Waals surface area contributed by atoms with E-state index in [0.717, 1.165) is 34.0 Å². The van der Waals surface area contributed by atoms with Crippen LogP contribution in [0.1, 0.15) is 54.2 Å². The maximum Gasteiger partial charge on any atom is 0.137 e. The summed E-state index contributed by atoms with van der Waals surface area (Å²) in [6.07, 6.45) is 4.22. The molecule has 254 valence electrons. The number of para-hydroxylation sites is 1. The smallest absolute Gasteiger partial charge is 0.137 e. The molecule has 0 aliphatic carbocycles. The van der Waals surface area contributed by atoms with E-state index in [2.05, 4.69) is 178 Å². The molecule has 51 heavy (non-hydrogen) atoms. The van der Waals surface area contributed by atoms with Crippen molar-refractivity contribution in [1.29, 1.82) is 0 Å². The van der Waals surface area contributed by atoms with Crippen LogP contribution in [0.2, 0.25) is 0 Å². The van der Waals surface area contributed by atoms with Crippen LogP contribution in [0.3, 0.4) is 0 Å². The minimum atomic E-state index is 0.00799. The first-order chi connectivity index (χ1) is 24.5. The van der Waals surface area contributed by atoms with E-state index < -0.39 is 0 Å². The highest BCUT2D eigenvalue weighted by molar-refractivity contribution is 6.09. The van der Waals surface area contributed by atoms with Crippen LogP contribution in [-0.2, 0) is 5.41 Å². The van der Waals surface area contributed by atoms with E-state index in [0.29, 0.717) is 6.67 Å². The summed E-state index contributed by atoms with van der Waals surface area (Å²) in [6, 6.07) is 41.0. The molecule has 1 aliphatic rings. The lowest BCUT2D eigenvalue weighted by molar-refractivity contribution is 0.483. The molecule has 0 unspecified atom stereocenters. The number of hydrogen-bond acceptors (Lipinski definition) is 4. The molecule has 8 rings (SSSR count). The Morgan fingerprint density at radius 3 is 2.10 bits per heavy atom. The third-order valence-electron chi connectivity index (χ3n) is 9.99. The number of rotatable bonds is 6. The van der Waals surface area contributed by atoms with Crippen LogP contribution in [0.4, 0.5) is 11.4 Å². The monoisotopic (exact) mass is 668 g/mol. The molecule has 0 atom stereocenters. The summed E-state index contributed by atoms with van der Waals surface area (Å²) in [7, 11) is 0. The minimum absolute atomic E-state index is 0.00799. The van der Waals surface area contributed by atoms with Gasteiger partial charge in [0.1, 0.15) is 17.3 Å². The van der Waals surface area contributed by atoms with Crippen molar-refractivity contribution in [2.45, 2.75) is 53.9 Å². The number of pyridine rings is 1. The predicted molar refractivity (Wildman–Crippen MR) is 213 cm³/mol. The van der Waals surface area contributed by atoms with Crippen LogP contribution >= 0.6 is 0 Å². The molecule has 0 bridgehead atoms. The van der Waals surface area contributed by atoms with E-state index in [-0.39, 0.29) is 5.41 Å². The molecule has 0 spiro atoms. The maximum atomic E-state index is 6.69. The van der Waals surface area contributed by atoms with Gasteiger partial charge in [0.05, 0.1) is 23.4 Å². The van der Waals surface area contributed by atoms with Gasteiger partial charge in [-0.2, -0.15) is 0 Å². The largest absolute Gasteiger partial charge is 0.457 e. The minimum Gasteiger partial charge on any atom is -0.457 e. The fraction of sp³-hybridized carbons (Fsp3) is 0.196. The zero-order valence-electron chi connectivity index (χ0n) is 30.5. The van der Waals surface area contributed by atoms with E-state index in [9.17, 15) is 0 Å². The highest BCUT2D eigenvalue weighted by Gasteiger charge is 2.27. The number of aromatic nitrogens is 2. The molecule has 0 amide bonds. The van der Waals surface area contributed by atoms with Crippen molar-refractivity contribution in [3.05, 3.63) is 161 Å². The third-order valence-corrected chi connectivity index (χ3v) is 9.99. The number of anilines is 2. The molecule has 0 radical (unpaired) electrons. The highest BCUT2D eigenvalue weighted by atomic mass is 16.5. The first kappa shape index (κ1) is 32.4. The van der Waals surface area contributed by atoms with Crippen molar-refractivity contribution < 1.29 is 4.74 Å². The van der Waals surface area contributed by atoms with Gasteiger partial charge in [-0.1, -0.05) is 69.3 Å². The standard InChI is InChI=1S/C46H44N4O/c1-30-22-31(2)24-36(23-30)48-28-43(45-32(3)12-10-13-33(45)4)49(29-48)35-14-11-15-37(26-35)51-38-18-19-40-39-16-8-9-17-41(39)50(42(40)27-38)44-25-34(20-21-47-44)46(5,6)7/h8-28H,29H2,1-7H3. The first-order valence-corrected chi connectivity index (χ1v) is 17.7. The van der Waals surface area contributed by atoms with E-state index in [1.807, 2.05) is 12.3 Å². The van der Waals surface area contributed by atoms with Crippen molar-refractivity contribution in [2.75, 3.05) is 16.5 Å². The molecule has 7 aromatic rings. The van der Waals surface area contributed by atoms with E-state index in [1.165, 1.54) is 55.5 Å². The van der Waals surface area contributed by atoms with Crippen LogP contribution in [0.5, 0.6) is 11.5 Å². The summed E-state index contributed by atoms with van der Waals surface area (Å²) < 4.78 is 8.95. The van der Waals surface area contributed by atoms with Crippen molar-refractivity contribution in [1.82, 2.24) is 9.55 Å². The van der Waals surface area contributed by atoms with Gasteiger partial charge in [0.15, 0.2) is 0 Å². The summed E-state index contributed by atoms with van der Waals surface area (Å²) in [5.74, 6) is 2.47. The van der Waals surface area contributed by atoms with Crippen molar-refractivity contribution in [3.63, 3.8) is 0 Å². The molecule has 0 fully saturated rings. The Morgan fingerprint density at radius 2 is 1.33 bits per heavy atom. The molecule has 0 saturated heterocycles. The van der Waals surface area contributed by atoms with Crippen molar-refractivity contribution >= 4 is 38.9 Å². The van der Waals surface area contributed by atoms with Gasteiger partial charge >= 0.3 is 0 Å². The number of aryl methyl sites for hydroxylation is 4. The molecule has 0 saturated carbocycles. The Labute approximate surface area is 301 Å². The predicted octanol–water partition coefficient (Wildman–Crippen LogP) is 11.8. The van der Waals surface area contributed by atoms with Gasteiger partial charge < -0.3 is 14.5 Å². The normalized spacial score (nSPS) is 13.4. The van der Waals surface area contributed by atoms with E-state index in [4.69, 9.17) is 9.72 Å². The Bertz CT molecular complexity index is 2440. The van der Waals surface area contributed by atoms with Gasteiger partial charge in [-0.3, -0.25) is 4.57 Å². The summed E-state index contributed by atoms with van der Waals surface area (Å²) >= 11 is 0. The quantitative estimate of drug-likeness (QED) is 0.177. The summed E-state index contributed by atoms with van der Waals surface area (Å²) in [5, 5.41) is 2.36. The van der Waals surface area contributed by atoms with Gasteiger partial charge in [-0.05, 0) is 116 Å². The molecule has 1 aliphatic heterocycles. The third kappa shape index (κ3) is 6.03. The lowest BCUT2D eigenvalue weighted by atomic mass is 9.88. The number of benzene rings is 5. The van der Waals surface area contributed by atoms with E-state index >= 15 is 0 Å². The Morgan fingerprint density at radius 1 is 0.627 bits per heavy atom. The lowest BCUT2D eigenvalue weighted by Crippen LogP contribution is -2.26. The highest BCUT2D eigenvalue weighted by Crippen LogP contribution is 2.40. The topological polar surface area (TPSA) is 33.5 Å². The fourth-order valence-corrected chi connectivity index (χ4v) is 7.52. The second-order valence-electron chi connectivity index (χ2n) is 14.9. The van der Waals surface area contributed by atoms with Gasteiger partial charge in [0, 0.05) is 52.2 Å². The van der Waals surface area contributed by atoms with Gasteiger partial charge in [0.25, 0.3) is 0 Å². The second-order valence-corrected chi connectivity index (χ2v) is 14.9. The number of fused-ring (bicyclic) bond motifs is 3. The Kier molecular flexibility index (Phi) is 7.94. The van der Waals surface area contributed by atoms with Crippen LogP contribution < -0.4 is 14.5 Å². The molecule has 5 nitrogen and oxygen atoms in total. The van der Waals surface area contributed by atoms with Crippen LogP contribution in [-0.4, -0.2) is 16.2 Å². The SMILES string of the molecule is Cc1cc(C)cc(N2C=C(c3c(C)cccc3C)N(c3cccc(Oc4ccc5c6ccccc6n(-c6cc(C(C)(C)C)ccn6)c5c4)c3)C2)c1. The molecular formula is C46H44N4O. The van der Waals surface area contributed by atoms with Gasteiger partial charge in [0.2, 0.25) is 0 Å². The van der Waals surface area contributed by atoms with Crippen LogP contribution in [0.25, 0.3) is 33.3 Å². The zero-order chi connectivity index (χ0) is 35.4. The summed E-state index contributed by atoms with van der Waals surface area (Å²) in [5.41, 5.74) is 13.2. The van der Waals surface area contributed by atoms with Crippen LogP contribution in [0.15, 0.2) is 128 Å². The first-order valence-electron chi connectivity index (χ1n) is 17.7. The second kappa shape index (κ2) is 12.5. The lowest BCUT2D eigenvalue weighted by Gasteiger charge is -2.26. The molecule has 2 aromatic heterocycles. The number of ether oxygens (including phenoxy) is 1. The average molecular weight is 669 g/mol. The van der Waals surface area contributed by atoms with Gasteiger partial charge in [-0.25, -0.2) is 4.98 Å². The average Bonchev–Trinajstić information content (AvgIpc) is 3.67. The Hall–Kier alpha value is -5.81. The summed E-state index contributed by atoms with van der Waals surface area (Å²) in [6.45, 7) is 16.1. The van der Waals surface area contributed by atoms with Crippen molar-refractivity contribution in [2.24, 2.45) is 0 Å². The van der Waals surface area contributed by atoms with Gasteiger partial charge in [-0.15, -0.1) is 0 Å².